The summed E-state index contributed by atoms with van der Waals surface area (Å²) in [7, 11) is 1.57. The molecular formula is C13H15F3N2O4S. The second-order valence-corrected chi connectivity index (χ2v) is 5.77. The van der Waals surface area contributed by atoms with Gasteiger partial charge >= 0.3 is 12.1 Å². The number of carboxylic acid groups (broad SMARTS) is 1. The van der Waals surface area contributed by atoms with E-state index < -0.39 is 18.1 Å². The van der Waals surface area contributed by atoms with Crippen LogP contribution in [0.5, 0.6) is 0 Å². The van der Waals surface area contributed by atoms with Crippen LogP contribution in [0.2, 0.25) is 0 Å². The first-order chi connectivity index (χ1) is 10.6. The standard InChI is InChI=1S/C11H14N2O2S.C2HF3O2/c1-13-11(15)8-6-4-2-3-5-7(6)16-9(8)10(12)14;3-2(4,5)1(6)7/h2-5H2,1H3,(H2,12,14)(H,13,15);(H,6,7). The van der Waals surface area contributed by atoms with Crippen LogP contribution in [0.4, 0.5) is 13.2 Å². The summed E-state index contributed by atoms with van der Waals surface area (Å²) in [6.07, 6.45) is -1.05. The lowest BCUT2D eigenvalue weighted by Gasteiger charge is -2.11. The van der Waals surface area contributed by atoms with Gasteiger partial charge in [0.05, 0.1) is 5.56 Å². The molecule has 0 spiro atoms. The Morgan fingerprint density at radius 3 is 2.17 bits per heavy atom. The Labute approximate surface area is 133 Å². The third kappa shape index (κ3) is 4.68. The van der Waals surface area contributed by atoms with Gasteiger partial charge in [-0.2, -0.15) is 13.2 Å². The van der Waals surface area contributed by atoms with Crippen LogP contribution in [-0.2, 0) is 17.6 Å². The number of nitrogens with one attached hydrogen (secondary N) is 1. The van der Waals surface area contributed by atoms with Gasteiger partial charge in [0, 0.05) is 11.9 Å². The summed E-state index contributed by atoms with van der Waals surface area (Å²) in [5, 5.41) is 9.70. The van der Waals surface area contributed by atoms with E-state index in [1.54, 1.807) is 7.05 Å². The van der Waals surface area contributed by atoms with Gasteiger partial charge in [0.1, 0.15) is 4.88 Å². The number of carboxylic acids is 1. The van der Waals surface area contributed by atoms with E-state index in [1.807, 2.05) is 0 Å². The van der Waals surface area contributed by atoms with Crippen LogP contribution in [0.25, 0.3) is 0 Å². The number of hydrogen-bond acceptors (Lipinski definition) is 4. The molecular weight excluding hydrogens is 337 g/mol. The summed E-state index contributed by atoms with van der Waals surface area (Å²) < 4.78 is 31.7. The normalized spacial score (nSPS) is 13.4. The molecule has 0 fully saturated rings. The van der Waals surface area contributed by atoms with Gasteiger partial charge in [0.25, 0.3) is 11.8 Å². The number of aryl methyl sites for hydroxylation is 1. The van der Waals surface area contributed by atoms with Crippen molar-refractivity contribution in [2.24, 2.45) is 5.73 Å². The fraction of sp³-hybridized carbons (Fsp3) is 0.462. The molecule has 0 atom stereocenters. The largest absolute Gasteiger partial charge is 0.490 e. The quantitative estimate of drug-likeness (QED) is 0.753. The molecule has 0 aromatic carbocycles. The highest BCUT2D eigenvalue weighted by molar-refractivity contribution is 7.14. The highest BCUT2D eigenvalue weighted by Gasteiger charge is 2.38. The highest BCUT2D eigenvalue weighted by atomic mass is 32.1. The van der Waals surface area contributed by atoms with Gasteiger partial charge in [-0.05, 0) is 31.2 Å². The Kier molecular flexibility index (Phi) is 6.13. The van der Waals surface area contributed by atoms with E-state index in [4.69, 9.17) is 15.6 Å². The molecule has 1 aromatic rings. The zero-order valence-corrected chi connectivity index (χ0v) is 12.9. The summed E-state index contributed by atoms with van der Waals surface area (Å²) in [6.45, 7) is 0. The number of rotatable bonds is 2. The molecule has 0 saturated carbocycles. The third-order valence-corrected chi connectivity index (χ3v) is 4.40. The average molecular weight is 352 g/mol. The fourth-order valence-corrected chi connectivity index (χ4v) is 3.34. The van der Waals surface area contributed by atoms with Crippen LogP contribution < -0.4 is 11.1 Å². The van der Waals surface area contributed by atoms with Gasteiger partial charge in [-0.1, -0.05) is 0 Å². The molecule has 10 heteroatoms. The Bertz CT molecular complexity index is 625. The number of alkyl halides is 3. The van der Waals surface area contributed by atoms with Crippen LogP contribution >= 0.6 is 11.3 Å². The van der Waals surface area contributed by atoms with E-state index in [1.165, 1.54) is 11.3 Å². The minimum Gasteiger partial charge on any atom is -0.475 e. The van der Waals surface area contributed by atoms with Gasteiger partial charge in [0.2, 0.25) is 0 Å². The first kappa shape index (κ1) is 18.9. The first-order valence-electron chi connectivity index (χ1n) is 6.56. The van der Waals surface area contributed by atoms with Crippen molar-refractivity contribution in [2.75, 3.05) is 7.05 Å². The molecule has 6 nitrogen and oxygen atoms in total. The SMILES string of the molecule is CNC(=O)c1c(C(N)=O)sc2c1CCCC2.O=C(O)C(F)(F)F. The number of halogens is 3. The monoisotopic (exact) mass is 352 g/mol. The highest BCUT2D eigenvalue weighted by Crippen LogP contribution is 2.34. The predicted molar refractivity (Wildman–Crippen MR) is 76.6 cm³/mol. The van der Waals surface area contributed by atoms with Crippen molar-refractivity contribution in [3.8, 4) is 0 Å². The molecule has 1 heterocycles. The number of carbonyl (C=O) groups is 3. The maximum atomic E-state index is 11.8. The van der Waals surface area contributed by atoms with Crippen molar-refractivity contribution in [3.05, 3.63) is 20.9 Å². The van der Waals surface area contributed by atoms with Crippen molar-refractivity contribution in [1.29, 1.82) is 0 Å². The fourth-order valence-electron chi connectivity index (χ4n) is 2.10. The van der Waals surface area contributed by atoms with Crippen LogP contribution in [0.15, 0.2) is 0 Å². The van der Waals surface area contributed by atoms with E-state index in [9.17, 15) is 22.8 Å². The van der Waals surface area contributed by atoms with Crippen molar-refractivity contribution in [2.45, 2.75) is 31.9 Å². The van der Waals surface area contributed by atoms with Gasteiger partial charge in [-0.3, -0.25) is 9.59 Å². The van der Waals surface area contributed by atoms with Crippen molar-refractivity contribution < 1.29 is 32.7 Å². The van der Waals surface area contributed by atoms with Gasteiger partial charge in [0.15, 0.2) is 0 Å². The predicted octanol–water partition coefficient (Wildman–Crippen LogP) is 1.72. The van der Waals surface area contributed by atoms with Gasteiger partial charge in [-0.15, -0.1) is 11.3 Å². The number of hydrogen-bond donors (Lipinski definition) is 3. The maximum Gasteiger partial charge on any atom is 0.490 e. The lowest BCUT2D eigenvalue weighted by Crippen LogP contribution is -2.23. The average Bonchev–Trinajstić information content (AvgIpc) is 2.85. The minimum absolute atomic E-state index is 0.201. The maximum absolute atomic E-state index is 11.8. The van der Waals surface area contributed by atoms with Crippen molar-refractivity contribution in [1.82, 2.24) is 5.32 Å². The van der Waals surface area contributed by atoms with Gasteiger partial charge < -0.3 is 16.2 Å². The number of fused-ring (bicyclic) bond motifs is 1. The number of nitrogens with two attached hydrogens (primary N) is 1. The first-order valence-corrected chi connectivity index (χ1v) is 7.37. The second-order valence-electron chi connectivity index (χ2n) is 4.66. The third-order valence-electron chi connectivity index (χ3n) is 3.09. The molecule has 2 amide bonds. The second kappa shape index (κ2) is 7.44. The van der Waals surface area contributed by atoms with Crippen molar-refractivity contribution >= 4 is 29.1 Å². The molecule has 1 aliphatic rings. The summed E-state index contributed by atoms with van der Waals surface area (Å²) in [5.74, 6) is -3.46. The molecule has 23 heavy (non-hydrogen) atoms. The minimum atomic E-state index is -5.08. The summed E-state index contributed by atoms with van der Waals surface area (Å²) in [6, 6.07) is 0. The summed E-state index contributed by atoms with van der Waals surface area (Å²) in [4.78, 5) is 33.5. The summed E-state index contributed by atoms with van der Waals surface area (Å²) in [5.41, 5.74) is 6.85. The van der Waals surface area contributed by atoms with Crippen LogP contribution in [0.1, 0.15) is 43.3 Å². The molecule has 1 aromatic heterocycles. The number of primary amides is 1. The van der Waals surface area contributed by atoms with E-state index in [0.29, 0.717) is 10.4 Å². The van der Waals surface area contributed by atoms with E-state index in [2.05, 4.69) is 5.32 Å². The Morgan fingerprint density at radius 1 is 1.22 bits per heavy atom. The molecule has 128 valence electrons. The van der Waals surface area contributed by atoms with Gasteiger partial charge in [-0.25, -0.2) is 4.79 Å². The van der Waals surface area contributed by atoms with Crippen LogP contribution in [0.3, 0.4) is 0 Å². The number of amides is 2. The number of thiophene rings is 1. The van der Waals surface area contributed by atoms with E-state index in [0.717, 1.165) is 36.1 Å². The molecule has 2 rings (SSSR count). The smallest absolute Gasteiger partial charge is 0.475 e. The Morgan fingerprint density at radius 2 is 1.74 bits per heavy atom. The Hall–Kier alpha value is -2.10. The Balaban J connectivity index is 0.000000322. The topological polar surface area (TPSA) is 109 Å². The number of carbonyl (C=O) groups excluding carboxylic acids is 2. The van der Waals surface area contributed by atoms with E-state index >= 15 is 0 Å². The number of aliphatic carboxylic acids is 1. The van der Waals surface area contributed by atoms with Crippen LogP contribution in [0, 0.1) is 0 Å². The zero-order valence-electron chi connectivity index (χ0n) is 12.1. The summed E-state index contributed by atoms with van der Waals surface area (Å²) >= 11 is 1.38. The molecule has 1 aliphatic carbocycles. The molecule has 0 radical (unpaired) electrons. The molecule has 0 aliphatic heterocycles. The molecule has 4 N–H and O–H groups in total. The van der Waals surface area contributed by atoms with Crippen molar-refractivity contribution in [3.63, 3.8) is 0 Å². The zero-order chi connectivity index (χ0) is 17.8. The molecule has 0 bridgehead atoms. The van der Waals surface area contributed by atoms with Crippen LogP contribution in [-0.4, -0.2) is 36.1 Å². The molecule has 0 unspecified atom stereocenters. The lowest BCUT2D eigenvalue weighted by molar-refractivity contribution is -0.192. The molecule has 0 saturated heterocycles. The van der Waals surface area contributed by atoms with E-state index in [-0.39, 0.29) is 5.91 Å². The lowest BCUT2D eigenvalue weighted by atomic mass is 9.94.